The summed E-state index contributed by atoms with van der Waals surface area (Å²) in [4.78, 5) is 10.3. The molecule has 1 N–H and O–H groups in total. The summed E-state index contributed by atoms with van der Waals surface area (Å²) in [6.07, 6.45) is 4.72. The van der Waals surface area contributed by atoms with Gasteiger partial charge >= 0.3 is 0 Å². The van der Waals surface area contributed by atoms with Crippen LogP contribution in [-0.4, -0.2) is 18.3 Å². The van der Waals surface area contributed by atoms with Crippen molar-refractivity contribution in [1.82, 2.24) is 0 Å². The molecule has 0 heterocycles. The summed E-state index contributed by atoms with van der Waals surface area (Å²) in [5.74, 6) is 0.313. The average Bonchev–Trinajstić information content (AvgIpc) is 2.80. The van der Waals surface area contributed by atoms with E-state index >= 15 is 0 Å². The zero-order valence-corrected chi connectivity index (χ0v) is 10.3. The van der Waals surface area contributed by atoms with Crippen LogP contribution in [0.4, 0.5) is 0 Å². The largest absolute Gasteiger partial charge is 0.508 e. The summed E-state index contributed by atoms with van der Waals surface area (Å²) in [6, 6.07) is 7.48. The number of phenolic OH excluding ortho intramolecular Hbond substituents is 1. The number of phenols is 1. The number of hydrogen-bond acceptors (Lipinski definition) is 3. The predicted molar refractivity (Wildman–Crippen MR) is 65.8 cm³/mol. The zero-order valence-electron chi connectivity index (χ0n) is 10.3. The van der Waals surface area contributed by atoms with Crippen molar-refractivity contribution >= 4 is 0 Å². The minimum absolute atomic E-state index is 0.0723. The lowest BCUT2D eigenvalue weighted by molar-refractivity contribution is -0.300. The van der Waals surface area contributed by atoms with Crippen molar-refractivity contribution in [3.8, 4) is 5.75 Å². The first-order valence-corrected chi connectivity index (χ1v) is 6.31. The van der Waals surface area contributed by atoms with Crippen molar-refractivity contribution < 1.29 is 14.9 Å². The van der Waals surface area contributed by atoms with Crippen LogP contribution in [0, 0.1) is 0 Å². The van der Waals surface area contributed by atoms with Crippen LogP contribution in [0.5, 0.6) is 5.75 Å². The maximum absolute atomic E-state index is 9.34. The predicted octanol–water partition coefficient (Wildman–Crippen LogP) is 3.17. The molecular formula is C14H20O3. The number of benzene rings is 1. The van der Waals surface area contributed by atoms with E-state index < -0.39 is 0 Å². The second kappa shape index (κ2) is 5.52. The van der Waals surface area contributed by atoms with Crippen LogP contribution in [0.25, 0.3) is 0 Å². The molecule has 0 atom stereocenters. The molecule has 1 fully saturated rings. The van der Waals surface area contributed by atoms with Gasteiger partial charge in [-0.1, -0.05) is 25.0 Å². The highest BCUT2D eigenvalue weighted by Gasteiger charge is 2.36. The Labute approximate surface area is 102 Å². The van der Waals surface area contributed by atoms with Crippen LogP contribution in [0.3, 0.4) is 0 Å². The van der Waals surface area contributed by atoms with Crippen molar-refractivity contribution in [3.63, 3.8) is 0 Å². The number of hydrogen-bond donors (Lipinski definition) is 1. The fourth-order valence-corrected chi connectivity index (χ4v) is 2.62. The third-order valence-electron chi connectivity index (χ3n) is 3.58. The minimum atomic E-state index is 0.0723. The van der Waals surface area contributed by atoms with Crippen LogP contribution in [0.15, 0.2) is 24.3 Å². The van der Waals surface area contributed by atoms with Gasteiger partial charge in [0.05, 0.1) is 13.2 Å². The second-order valence-electron chi connectivity index (χ2n) is 4.70. The Kier molecular flexibility index (Phi) is 4.02. The molecule has 0 spiro atoms. The summed E-state index contributed by atoms with van der Waals surface area (Å²) in [6.45, 7) is 3.10. The minimum Gasteiger partial charge on any atom is -0.508 e. The molecule has 0 amide bonds. The summed E-state index contributed by atoms with van der Waals surface area (Å²) in [5.41, 5.74) is 1.32. The van der Waals surface area contributed by atoms with Gasteiger partial charge in [-0.05, 0) is 37.5 Å². The molecule has 94 valence electrons. The summed E-state index contributed by atoms with van der Waals surface area (Å²) < 4.78 is 0. The van der Waals surface area contributed by atoms with Crippen molar-refractivity contribution in [2.24, 2.45) is 0 Å². The molecule has 0 aromatic heterocycles. The van der Waals surface area contributed by atoms with Gasteiger partial charge in [0.2, 0.25) is 0 Å². The van der Waals surface area contributed by atoms with Crippen molar-refractivity contribution in [2.45, 2.75) is 38.0 Å². The van der Waals surface area contributed by atoms with Crippen LogP contribution < -0.4 is 0 Å². The molecule has 0 unspecified atom stereocenters. The summed E-state index contributed by atoms with van der Waals surface area (Å²) >= 11 is 0. The quantitative estimate of drug-likeness (QED) is 0.485. The van der Waals surface area contributed by atoms with Gasteiger partial charge in [-0.25, -0.2) is 9.78 Å². The molecular weight excluding hydrogens is 216 g/mol. The van der Waals surface area contributed by atoms with Gasteiger partial charge in [0.1, 0.15) is 5.75 Å². The molecule has 1 aromatic carbocycles. The molecule has 1 aliphatic rings. The van der Waals surface area contributed by atoms with Crippen LogP contribution in [0.1, 0.15) is 38.2 Å². The standard InChI is InChI=1S/C14H20O3/c1-2-16-17-11-14(9-3-4-10-14)12-5-7-13(15)8-6-12/h5-8,15H,2-4,9-11H2,1H3. The average molecular weight is 236 g/mol. The molecule has 0 saturated heterocycles. The molecule has 1 aliphatic carbocycles. The number of aromatic hydroxyl groups is 1. The highest BCUT2D eigenvalue weighted by atomic mass is 17.2. The Morgan fingerprint density at radius 2 is 1.76 bits per heavy atom. The normalized spacial score (nSPS) is 18.4. The Hall–Kier alpha value is -1.06. The molecule has 0 radical (unpaired) electrons. The highest BCUT2D eigenvalue weighted by Crippen LogP contribution is 2.41. The van der Waals surface area contributed by atoms with Gasteiger partial charge < -0.3 is 5.11 Å². The lowest BCUT2D eigenvalue weighted by Crippen LogP contribution is -2.28. The van der Waals surface area contributed by atoms with Crippen molar-refractivity contribution in [1.29, 1.82) is 0 Å². The van der Waals surface area contributed by atoms with Gasteiger partial charge in [0.15, 0.2) is 0 Å². The first-order valence-electron chi connectivity index (χ1n) is 6.31. The Morgan fingerprint density at radius 3 is 2.35 bits per heavy atom. The number of rotatable bonds is 5. The molecule has 3 heteroatoms. The van der Waals surface area contributed by atoms with Gasteiger partial charge in [0, 0.05) is 5.41 Å². The first-order chi connectivity index (χ1) is 8.27. The van der Waals surface area contributed by atoms with Crippen LogP contribution in [-0.2, 0) is 15.2 Å². The van der Waals surface area contributed by atoms with E-state index in [0.29, 0.717) is 19.0 Å². The van der Waals surface area contributed by atoms with Gasteiger partial charge in [0.25, 0.3) is 0 Å². The van der Waals surface area contributed by atoms with Gasteiger partial charge in [-0.3, -0.25) is 0 Å². The van der Waals surface area contributed by atoms with E-state index in [1.807, 2.05) is 19.1 Å². The third kappa shape index (κ3) is 2.79. The van der Waals surface area contributed by atoms with Crippen molar-refractivity contribution in [3.05, 3.63) is 29.8 Å². The molecule has 17 heavy (non-hydrogen) atoms. The Morgan fingerprint density at radius 1 is 1.12 bits per heavy atom. The van der Waals surface area contributed by atoms with Gasteiger partial charge in [-0.15, -0.1) is 0 Å². The molecule has 2 rings (SSSR count). The van der Waals surface area contributed by atoms with E-state index in [4.69, 9.17) is 9.78 Å². The smallest absolute Gasteiger partial charge is 0.115 e. The third-order valence-corrected chi connectivity index (χ3v) is 3.58. The highest BCUT2D eigenvalue weighted by molar-refractivity contribution is 5.32. The molecule has 1 saturated carbocycles. The molecule has 3 nitrogen and oxygen atoms in total. The SMILES string of the molecule is CCOOCC1(c2ccc(O)cc2)CCCC1. The Bertz CT molecular complexity index is 339. The Balaban J connectivity index is 2.12. The van der Waals surface area contributed by atoms with E-state index in [1.54, 1.807) is 12.1 Å². The maximum atomic E-state index is 9.34. The monoisotopic (exact) mass is 236 g/mol. The summed E-state index contributed by atoms with van der Waals surface area (Å²) in [7, 11) is 0. The van der Waals surface area contributed by atoms with E-state index in [9.17, 15) is 5.11 Å². The fraction of sp³-hybridized carbons (Fsp3) is 0.571. The lowest BCUT2D eigenvalue weighted by atomic mass is 9.80. The maximum Gasteiger partial charge on any atom is 0.115 e. The molecule has 0 bridgehead atoms. The van der Waals surface area contributed by atoms with E-state index in [0.717, 1.165) is 12.8 Å². The van der Waals surface area contributed by atoms with E-state index in [-0.39, 0.29) is 5.41 Å². The fourth-order valence-electron chi connectivity index (χ4n) is 2.62. The first kappa shape index (κ1) is 12.4. The lowest BCUT2D eigenvalue weighted by Gasteiger charge is -2.28. The van der Waals surface area contributed by atoms with Crippen LogP contribution in [0.2, 0.25) is 0 Å². The topological polar surface area (TPSA) is 38.7 Å². The van der Waals surface area contributed by atoms with E-state index in [2.05, 4.69) is 0 Å². The van der Waals surface area contributed by atoms with E-state index in [1.165, 1.54) is 18.4 Å². The van der Waals surface area contributed by atoms with Gasteiger partial charge in [-0.2, -0.15) is 0 Å². The summed E-state index contributed by atoms with van der Waals surface area (Å²) in [5, 5.41) is 9.34. The molecule has 1 aromatic rings. The van der Waals surface area contributed by atoms with Crippen LogP contribution >= 0.6 is 0 Å². The molecule has 0 aliphatic heterocycles. The second-order valence-corrected chi connectivity index (χ2v) is 4.70. The zero-order chi connectivity index (χ0) is 12.1. The van der Waals surface area contributed by atoms with Crippen molar-refractivity contribution in [2.75, 3.05) is 13.2 Å².